The lowest BCUT2D eigenvalue weighted by atomic mass is 10.1. The molecule has 0 aromatic carbocycles. The third kappa shape index (κ3) is 3.65. The van der Waals surface area contributed by atoms with Crippen LogP contribution in [0.3, 0.4) is 0 Å². The second kappa shape index (κ2) is 5.54. The first-order chi connectivity index (χ1) is 9.00. The lowest BCUT2D eigenvalue weighted by Crippen LogP contribution is -2.41. The largest absolute Gasteiger partial charge is 0.348 e. The number of rotatable bonds is 3. The Kier molecular flexibility index (Phi) is 4.01. The van der Waals surface area contributed by atoms with Crippen molar-refractivity contribution in [1.29, 1.82) is 0 Å². The fourth-order valence-corrected chi connectivity index (χ4v) is 3.43. The lowest BCUT2D eigenvalue weighted by Gasteiger charge is -2.22. The van der Waals surface area contributed by atoms with Gasteiger partial charge in [0.15, 0.2) is 0 Å². The van der Waals surface area contributed by atoms with Crippen LogP contribution in [0.15, 0.2) is 18.3 Å². The molecule has 0 aliphatic carbocycles. The van der Waals surface area contributed by atoms with Crippen molar-refractivity contribution in [2.45, 2.75) is 18.9 Å². The van der Waals surface area contributed by atoms with Crippen LogP contribution >= 0.6 is 0 Å². The fourth-order valence-electron chi connectivity index (χ4n) is 1.94. The number of amides is 1. The zero-order valence-electron chi connectivity index (χ0n) is 10.3. The number of sulfone groups is 1. The molecule has 0 saturated carbocycles. The molecule has 104 valence electrons. The van der Waals surface area contributed by atoms with Crippen LogP contribution in [0.2, 0.25) is 0 Å². The van der Waals surface area contributed by atoms with Gasteiger partial charge < -0.3 is 10.7 Å². The van der Waals surface area contributed by atoms with Crippen LogP contribution in [0, 0.1) is 0 Å². The first-order valence-corrected chi connectivity index (χ1v) is 7.76. The van der Waals surface area contributed by atoms with E-state index in [2.05, 4.69) is 15.7 Å². The van der Waals surface area contributed by atoms with Crippen LogP contribution in [0.5, 0.6) is 0 Å². The van der Waals surface area contributed by atoms with E-state index in [1.165, 1.54) is 12.3 Å². The van der Waals surface area contributed by atoms with Crippen molar-refractivity contribution >= 4 is 21.4 Å². The maximum atomic E-state index is 12.0. The van der Waals surface area contributed by atoms with E-state index in [0.29, 0.717) is 18.5 Å². The third-order valence-electron chi connectivity index (χ3n) is 3.05. The summed E-state index contributed by atoms with van der Waals surface area (Å²) in [6.07, 6.45) is 2.38. The summed E-state index contributed by atoms with van der Waals surface area (Å²) < 4.78 is 22.6. The van der Waals surface area contributed by atoms with E-state index < -0.39 is 9.84 Å². The average Bonchev–Trinajstić information content (AvgIpc) is 2.41. The molecular weight excluding hydrogens is 268 g/mol. The Morgan fingerprint density at radius 1 is 1.37 bits per heavy atom. The van der Waals surface area contributed by atoms with E-state index in [1.54, 1.807) is 6.07 Å². The molecule has 1 aliphatic heterocycles. The average molecular weight is 284 g/mol. The van der Waals surface area contributed by atoms with Crippen LogP contribution < -0.4 is 16.6 Å². The molecule has 1 fully saturated rings. The molecule has 1 amide bonds. The number of hydrazine groups is 1. The summed E-state index contributed by atoms with van der Waals surface area (Å²) in [6.45, 7) is 0. The number of nitrogens with two attached hydrogens (primary N) is 1. The van der Waals surface area contributed by atoms with E-state index in [-0.39, 0.29) is 29.1 Å². The van der Waals surface area contributed by atoms with Crippen molar-refractivity contribution in [3.05, 3.63) is 24.0 Å². The molecule has 1 saturated heterocycles. The number of nitrogen functional groups attached to an aromatic ring is 1. The molecule has 0 bridgehead atoms. The minimum Gasteiger partial charge on any atom is -0.348 e. The second-order valence-electron chi connectivity index (χ2n) is 4.47. The molecule has 2 heterocycles. The highest BCUT2D eigenvalue weighted by Gasteiger charge is 2.25. The van der Waals surface area contributed by atoms with Crippen LogP contribution in [0.4, 0.5) is 5.69 Å². The zero-order chi connectivity index (χ0) is 13.9. The summed E-state index contributed by atoms with van der Waals surface area (Å²) in [5.41, 5.74) is 3.28. The number of nitrogens with zero attached hydrogens (tertiary/aromatic N) is 1. The SMILES string of the molecule is NNc1ccnc(C(=O)NC2CCS(=O)(=O)CC2)c1. The smallest absolute Gasteiger partial charge is 0.270 e. The van der Waals surface area contributed by atoms with Gasteiger partial charge in [0, 0.05) is 12.2 Å². The predicted molar refractivity (Wildman–Crippen MR) is 71.2 cm³/mol. The van der Waals surface area contributed by atoms with Gasteiger partial charge in [0.25, 0.3) is 5.91 Å². The highest BCUT2D eigenvalue weighted by atomic mass is 32.2. The van der Waals surface area contributed by atoms with Crippen molar-refractivity contribution in [3.8, 4) is 0 Å². The van der Waals surface area contributed by atoms with E-state index in [1.807, 2.05) is 0 Å². The Balaban J connectivity index is 1.98. The predicted octanol–water partition coefficient (Wildman–Crippen LogP) is -0.326. The molecule has 19 heavy (non-hydrogen) atoms. The van der Waals surface area contributed by atoms with E-state index >= 15 is 0 Å². The topological polar surface area (TPSA) is 114 Å². The minimum absolute atomic E-state index is 0.118. The number of anilines is 1. The van der Waals surface area contributed by atoms with Gasteiger partial charge in [-0.1, -0.05) is 0 Å². The van der Waals surface area contributed by atoms with Crippen molar-refractivity contribution in [1.82, 2.24) is 10.3 Å². The number of nitrogens with one attached hydrogen (secondary N) is 2. The van der Waals surface area contributed by atoms with Crippen LogP contribution in [-0.4, -0.2) is 36.9 Å². The molecule has 7 nitrogen and oxygen atoms in total. The van der Waals surface area contributed by atoms with Gasteiger partial charge in [-0.15, -0.1) is 0 Å². The number of carbonyl (C=O) groups is 1. The Labute approximate surface area is 111 Å². The van der Waals surface area contributed by atoms with E-state index in [4.69, 9.17) is 5.84 Å². The first kappa shape index (κ1) is 13.8. The molecule has 4 N–H and O–H groups in total. The molecule has 0 atom stereocenters. The summed E-state index contributed by atoms with van der Waals surface area (Å²) in [5, 5.41) is 2.79. The van der Waals surface area contributed by atoms with Gasteiger partial charge in [0.2, 0.25) is 0 Å². The second-order valence-corrected chi connectivity index (χ2v) is 6.78. The molecule has 0 unspecified atom stereocenters. The number of hydrogen-bond donors (Lipinski definition) is 3. The lowest BCUT2D eigenvalue weighted by molar-refractivity contribution is 0.0929. The zero-order valence-corrected chi connectivity index (χ0v) is 11.1. The summed E-state index contributed by atoms with van der Waals surface area (Å²) in [5.74, 6) is 5.18. The fraction of sp³-hybridized carbons (Fsp3) is 0.455. The van der Waals surface area contributed by atoms with Crippen molar-refractivity contribution in [2.75, 3.05) is 16.9 Å². The Morgan fingerprint density at radius 2 is 2.05 bits per heavy atom. The van der Waals surface area contributed by atoms with Gasteiger partial charge in [-0.2, -0.15) is 0 Å². The Bertz CT molecular complexity index is 559. The molecule has 0 spiro atoms. The monoisotopic (exact) mass is 284 g/mol. The molecule has 1 aromatic rings. The molecule has 8 heteroatoms. The maximum Gasteiger partial charge on any atom is 0.270 e. The number of hydrogen-bond acceptors (Lipinski definition) is 6. The summed E-state index contributed by atoms with van der Waals surface area (Å²) >= 11 is 0. The first-order valence-electron chi connectivity index (χ1n) is 5.94. The van der Waals surface area contributed by atoms with Crippen LogP contribution in [-0.2, 0) is 9.84 Å². The summed E-state index contributed by atoms with van der Waals surface area (Å²) in [7, 11) is -2.92. The number of aromatic nitrogens is 1. The van der Waals surface area contributed by atoms with Crippen LogP contribution in [0.1, 0.15) is 23.3 Å². The van der Waals surface area contributed by atoms with Gasteiger partial charge in [-0.05, 0) is 25.0 Å². The molecule has 2 rings (SSSR count). The number of pyridine rings is 1. The van der Waals surface area contributed by atoms with Gasteiger partial charge in [0.1, 0.15) is 15.5 Å². The van der Waals surface area contributed by atoms with Gasteiger partial charge in [0.05, 0.1) is 17.2 Å². The summed E-state index contributed by atoms with van der Waals surface area (Å²) in [4.78, 5) is 15.9. The van der Waals surface area contributed by atoms with Crippen molar-refractivity contribution in [2.24, 2.45) is 5.84 Å². The normalized spacial score (nSPS) is 18.8. The van der Waals surface area contributed by atoms with Gasteiger partial charge in [-0.3, -0.25) is 15.6 Å². The molecule has 0 radical (unpaired) electrons. The summed E-state index contributed by atoms with van der Waals surface area (Å²) in [6, 6.07) is 3.06. The van der Waals surface area contributed by atoms with Crippen molar-refractivity contribution in [3.63, 3.8) is 0 Å². The van der Waals surface area contributed by atoms with Gasteiger partial charge >= 0.3 is 0 Å². The molecule has 1 aliphatic rings. The standard InChI is InChI=1S/C11H16N4O3S/c12-15-9-1-4-13-10(7-9)11(16)14-8-2-5-19(17,18)6-3-8/h1,4,7-8H,2-3,5-6,12H2,(H,13,15)(H,14,16). The quantitative estimate of drug-likeness (QED) is 0.517. The maximum absolute atomic E-state index is 12.0. The molecular formula is C11H16N4O3S. The van der Waals surface area contributed by atoms with Crippen LogP contribution in [0.25, 0.3) is 0 Å². The highest BCUT2D eigenvalue weighted by Crippen LogP contribution is 2.13. The number of carbonyl (C=O) groups excluding carboxylic acids is 1. The highest BCUT2D eigenvalue weighted by molar-refractivity contribution is 7.91. The Morgan fingerprint density at radius 3 is 2.68 bits per heavy atom. The van der Waals surface area contributed by atoms with Gasteiger partial charge in [-0.25, -0.2) is 8.42 Å². The van der Waals surface area contributed by atoms with E-state index in [0.717, 1.165) is 0 Å². The third-order valence-corrected chi connectivity index (χ3v) is 4.76. The Hall–Kier alpha value is -1.67. The minimum atomic E-state index is -2.92. The molecule has 1 aromatic heterocycles. The van der Waals surface area contributed by atoms with Crippen molar-refractivity contribution < 1.29 is 13.2 Å². The van der Waals surface area contributed by atoms with E-state index in [9.17, 15) is 13.2 Å².